The van der Waals surface area contributed by atoms with Crippen molar-refractivity contribution in [2.24, 2.45) is 0 Å². The molecule has 1 aliphatic heterocycles. The number of benzene rings is 1. The Labute approximate surface area is 139 Å². The highest BCUT2D eigenvalue weighted by molar-refractivity contribution is 7.93. The Bertz CT molecular complexity index is 758. The summed E-state index contributed by atoms with van der Waals surface area (Å²) >= 11 is 0. The molecule has 1 aromatic carbocycles. The summed E-state index contributed by atoms with van der Waals surface area (Å²) in [6, 6.07) is 4.98. The molecular formula is C15H24N2O4S2. The highest BCUT2D eigenvalue weighted by Crippen LogP contribution is 2.29. The summed E-state index contributed by atoms with van der Waals surface area (Å²) in [5.74, 6) is 0.253. The molecule has 1 fully saturated rings. The largest absolute Gasteiger partial charge is 0.284 e. The minimum Gasteiger partial charge on any atom is -0.284 e. The standard InChI is InChI=1S/C15H24N2O4S2/c1-3-4-10-22(18,19)16-14-7-8-15(13(2)12-14)17-9-5-6-11-23(17,20)21/h7-8,12,16H,3-6,9-11H2,1-2H3. The molecule has 0 aromatic heterocycles. The third-order valence-electron chi connectivity index (χ3n) is 3.85. The number of nitrogens with one attached hydrogen (secondary N) is 1. The van der Waals surface area contributed by atoms with E-state index in [4.69, 9.17) is 0 Å². The fourth-order valence-electron chi connectivity index (χ4n) is 2.62. The van der Waals surface area contributed by atoms with Crippen molar-refractivity contribution in [2.45, 2.75) is 39.5 Å². The Balaban J connectivity index is 2.21. The highest BCUT2D eigenvalue weighted by Gasteiger charge is 2.27. The van der Waals surface area contributed by atoms with E-state index in [1.54, 1.807) is 25.1 Å². The van der Waals surface area contributed by atoms with Gasteiger partial charge >= 0.3 is 0 Å². The number of hydrogen-bond acceptors (Lipinski definition) is 4. The van der Waals surface area contributed by atoms with Gasteiger partial charge in [-0.2, -0.15) is 0 Å². The van der Waals surface area contributed by atoms with Crippen molar-refractivity contribution in [3.05, 3.63) is 23.8 Å². The predicted octanol–water partition coefficient (Wildman–Crippen LogP) is 2.47. The number of rotatable bonds is 6. The number of nitrogens with zero attached hydrogens (tertiary/aromatic N) is 1. The smallest absolute Gasteiger partial charge is 0.235 e. The lowest BCUT2D eigenvalue weighted by Crippen LogP contribution is -2.38. The second kappa shape index (κ2) is 7.09. The van der Waals surface area contributed by atoms with Gasteiger partial charge in [0.1, 0.15) is 0 Å². The van der Waals surface area contributed by atoms with E-state index in [9.17, 15) is 16.8 Å². The van der Waals surface area contributed by atoms with Crippen LogP contribution in [0.3, 0.4) is 0 Å². The minimum atomic E-state index is -3.36. The Kier molecular flexibility index (Phi) is 5.57. The van der Waals surface area contributed by atoms with Crippen LogP contribution in [-0.2, 0) is 20.0 Å². The molecular weight excluding hydrogens is 336 g/mol. The van der Waals surface area contributed by atoms with E-state index in [2.05, 4.69) is 4.72 Å². The van der Waals surface area contributed by atoms with Crippen LogP contribution in [0.25, 0.3) is 0 Å². The Hall–Kier alpha value is -1.28. The molecule has 1 N–H and O–H groups in total. The first-order valence-corrected chi connectivity index (χ1v) is 11.1. The molecule has 0 unspecified atom stereocenters. The second-order valence-corrected chi connectivity index (χ2v) is 9.73. The first kappa shape index (κ1) is 18.1. The first-order valence-electron chi connectivity index (χ1n) is 7.87. The van der Waals surface area contributed by atoms with Crippen molar-refractivity contribution < 1.29 is 16.8 Å². The monoisotopic (exact) mass is 360 g/mol. The minimum absolute atomic E-state index is 0.0881. The molecule has 0 radical (unpaired) electrons. The number of hydrogen-bond donors (Lipinski definition) is 1. The summed E-state index contributed by atoms with van der Waals surface area (Å²) in [7, 11) is -6.62. The molecule has 23 heavy (non-hydrogen) atoms. The molecule has 0 atom stereocenters. The van der Waals surface area contributed by atoms with Crippen LogP contribution in [0, 0.1) is 6.92 Å². The van der Waals surface area contributed by atoms with Crippen molar-refractivity contribution in [2.75, 3.05) is 27.1 Å². The molecule has 1 aliphatic rings. The van der Waals surface area contributed by atoms with Gasteiger partial charge in [-0.05, 0) is 49.9 Å². The molecule has 0 bridgehead atoms. The van der Waals surface area contributed by atoms with E-state index in [-0.39, 0.29) is 11.5 Å². The maximum atomic E-state index is 12.2. The van der Waals surface area contributed by atoms with Crippen LogP contribution >= 0.6 is 0 Å². The van der Waals surface area contributed by atoms with Crippen LogP contribution in [0.5, 0.6) is 0 Å². The average Bonchev–Trinajstić information content (AvgIpc) is 2.45. The molecule has 0 aliphatic carbocycles. The van der Waals surface area contributed by atoms with Gasteiger partial charge in [0, 0.05) is 12.2 Å². The lowest BCUT2D eigenvalue weighted by molar-refractivity contribution is 0.574. The van der Waals surface area contributed by atoms with Gasteiger partial charge in [0.2, 0.25) is 20.0 Å². The van der Waals surface area contributed by atoms with Gasteiger partial charge in [-0.25, -0.2) is 16.8 Å². The van der Waals surface area contributed by atoms with Crippen LogP contribution in [0.2, 0.25) is 0 Å². The van der Waals surface area contributed by atoms with E-state index in [1.165, 1.54) is 4.31 Å². The lowest BCUT2D eigenvalue weighted by Gasteiger charge is -2.29. The maximum Gasteiger partial charge on any atom is 0.235 e. The molecule has 2 rings (SSSR count). The fraction of sp³-hybridized carbons (Fsp3) is 0.600. The van der Waals surface area contributed by atoms with E-state index in [0.717, 1.165) is 18.4 Å². The number of sulfonamides is 2. The summed E-state index contributed by atoms with van der Waals surface area (Å²) in [6.45, 7) is 4.21. The molecule has 1 saturated heterocycles. The van der Waals surface area contributed by atoms with Crippen LogP contribution in [0.1, 0.15) is 38.2 Å². The first-order chi connectivity index (χ1) is 10.7. The number of aryl methyl sites for hydroxylation is 1. The zero-order valence-electron chi connectivity index (χ0n) is 13.6. The van der Waals surface area contributed by atoms with Crippen LogP contribution < -0.4 is 9.03 Å². The molecule has 0 saturated carbocycles. The van der Waals surface area contributed by atoms with Crippen molar-refractivity contribution in [3.63, 3.8) is 0 Å². The van der Waals surface area contributed by atoms with Crippen molar-refractivity contribution in [1.82, 2.24) is 0 Å². The van der Waals surface area contributed by atoms with Crippen molar-refractivity contribution >= 4 is 31.4 Å². The highest BCUT2D eigenvalue weighted by atomic mass is 32.2. The zero-order chi connectivity index (χ0) is 17.1. The van der Waals surface area contributed by atoms with E-state index < -0.39 is 20.0 Å². The van der Waals surface area contributed by atoms with E-state index >= 15 is 0 Å². The molecule has 1 aromatic rings. The van der Waals surface area contributed by atoms with Gasteiger partial charge in [0.05, 0.1) is 17.2 Å². The van der Waals surface area contributed by atoms with Crippen LogP contribution in [0.4, 0.5) is 11.4 Å². The van der Waals surface area contributed by atoms with E-state index in [1.807, 2.05) is 6.92 Å². The Morgan fingerprint density at radius 3 is 2.61 bits per heavy atom. The third kappa shape index (κ3) is 4.60. The topological polar surface area (TPSA) is 83.6 Å². The van der Waals surface area contributed by atoms with Crippen molar-refractivity contribution in [1.29, 1.82) is 0 Å². The normalized spacial score (nSPS) is 17.9. The lowest BCUT2D eigenvalue weighted by atomic mass is 10.1. The van der Waals surface area contributed by atoms with Crippen LogP contribution in [0.15, 0.2) is 18.2 Å². The van der Waals surface area contributed by atoms with E-state index in [0.29, 0.717) is 30.8 Å². The third-order valence-corrected chi connectivity index (χ3v) is 7.08. The zero-order valence-corrected chi connectivity index (χ0v) is 15.2. The Morgan fingerprint density at radius 1 is 1.26 bits per heavy atom. The average molecular weight is 361 g/mol. The molecule has 0 amide bonds. The van der Waals surface area contributed by atoms with Gasteiger partial charge in [0.15, 0.2) is 0 Å². The SMILES string of the molecule is CCCCS(=O)(=O)Nc1ccc(N2CCCCS2(=O)=O)c(C)c1. The number of unbranched alkanes of at least 4 members (excludes halogenated alkanes) is 1. The molecule has 1 heterocycles. The molecule has 130 valence electrons. The van der Waals surface area contributed by atoms with Crippen molar-refractivity contribution in [3.8, 4) is 0 Å². The maximum absolute atomic E-state index is 12.2. The molecule has 6 nitrogen and oxygen atoms in total. The van der Waals surface area contributed by atoms with Gasteiger partial charge in [0.25, 0.3) is 0 Å². The van der Waals surface area contributed by atoms with Crippen LogP contribution in [-0.4, -0.2) is 34.9 Å². The molecule has 0 spiro atoms. The summed E-state index contributed by atoms with van der Waals surface area (Å²) in [4.78, 5) is 0. The number of anilines is 2. The summed E-state index contributed by atoms with van der Waals surface area (Å²) < 4.78 is 52.2. The van der Waals surface area contributed by atoms with Gasteiger partial charge in [-0.3, -0.25) is 9.03 Å². The Morgan fingerprint density at radius 2 is 2.00 bits per heavy atom. The quantitative estimate of drug-likeness (QED) is 0.845. The van der Waals surface area contributed by atoms with Gasteiger partial charge in [-0.15, -0.1) is 0 Å². The summed E-state index contributed by atoms with van der Waals surface area (Å²) in [5, 5.41) is 0. The fourth-order valence-corrected chi connectivity index (χ4v) is 5.58. The van der Waals surface area contributed by atoms with Gasteiger partial charge in [-0.1, -0.05) is 13.3 Å². The second-order valence-electron chi connectivity index (χ2n) is 5.87. The molecule has 8 heteroatoms. The summed E-state index contributed by atoms with van der Waals surface area (Å²) in [5.41, 5.74) is 1.84. The predicted molar refractivity (Wildman–Crippen MR) is 93.9 cm³/mol. The summed E-state index contributed by atoms with van der Waals surface area (Å²) in [6.07, 6.45) is 2.95. The van der Waals surface area contributed by atoms with Gasteiger partial charge < -0.3 is 0 Å².